The molecular formula is C23H27NO3S. The minimum Gasteiger partial charge on any atom is -0.483 e. The van der Waals surface area contributed by atoms with E-state index in [1.165, 1.54) is 37.3 Å². The van der Waals surface area contributed by atoms with Crippen LogP contribution in [0.5, 0.6) is 5.06 Å². The Hall–Kier alpha value is -2.11. The molecule has 0 unspecified atom stereocenters. The van der Waals surface area contributed by atoms with Gasteiger partial charge >= 0.3 is 0 Å². The van der Waals surface area contributed by atoms with Crippen molar-refractivity contribution in [1.29, 1.82) is 0 Å². The lowest BCUT2D eigenvalue weighted by molar-refractivity contribution is 0.104. The number of ketones is 1. The van der Waals surface area contributed by atoms with Crippen LogP contribution in [0.1, 0.15) is 53.6 Å². The fourth-order valence-corrected chi connectivity index (χ4v) is 4.61. The Morgan fingerprint density at radius 3 is 2.82 bits per heavy atom. The number of unbranched alkanes of at least 4 members (excludes halogenated alkanes) is 1. The Kier molecular flexibility index (Phi) is 6.13. The van der Waals surface area contributed by atoms with Crippen molar-refractivity contribution in [3.63, 3.8) is 0 Å². The van der Waals surface area contributed by atoms with Gasteiger partial charge in [-0.25, -0.2) is 0 Å². The van der Waals surface area contributed by atoms with Gasteiger partial charge in [0.2, 0.25) is 5.78 Å². The summed E-state index contributed by atoms with van der Waals surface area (Å²) < 4.78 is 11.9. The summed E-state index contributed by atoms with van der Waals surface area (Å²) in [6.45, 7) is 6.12. The van der Waals surface area contributed by atoms with E-state index in [0.29, 0.717) is 11.5 Å². The summed E-state index contributed by atoms with van der Waals surface area (Å²) in [6.07, 6.45) is 5.44. The monoisotopic (exact) mass is 397 g/mol. The van der Waals surface area contributed by atoms with Crippen LogP contribution < -0.4 is 4.74 Å². The lowest BCUT2D eigenvalue weighted by Gasteiger charge is -2.13. The van der Waals surface area contributed by atoms with Crippen LogP contribution in [-0.2, 0) is 6.42 Å². The molecule has 1 aliphatic rings. The largest absolute Gasteiger partial charge is 0.483 e. The first-order chi connectivity index (χ1) is 13.8. The second-order valence-corrected chi connectivity index (χ2v) is 8.39. The highest BCUT2D eigenvalue weighted by atomic mass is 32.1. The van der Waals surface area contributed by atoms with E-state index in [4.69, 9.17) is 9.15 Å². The van der Waals surface area contributed by atoms with Crippen LogP contribution in [-0.4, -0.2) is 36.9 Å². The fraction of sp³-hybridized carbons (Fsp3) is 0.435. The van der Waals surface area contributed by atoms with Crippen molar-refractivity contribution in [2.75, 3.05) is 26.2 Å². The van der Waals surface area contributed by atoms with Gasteiger partial charge in [0.25, 0.3) is 0 Å². The van der Waals surface area contributed by atoms with E-state index in [1.807, 2.05) is 36.4 Å². The number of ether oxygens (including phenoxy) is 1. The van der Waals surface area contributed by atoms with Crippen molar-refractivity contribution in [2.45, 2.75) is 39.0 Å². The number of benzene rings is 1. The Labute approximate surface area is 170 Å². The third-order valence-corrected chi connectivity index (χ3v) is 6.31. The van der Waals surface area contributed by atoms with Crippen LogP contribution in [0.25, 0.3) is 11.0 Å². The van der Waals surface area contributed by atoms with Crippen molar-refractivity contribution < 1.29 is 13.9 Å². The summed E-state index contributed by atoms with van der Waals surface area (Å²) in [4.78, 5) is 16.4. The highest BCUT2D eigenvalue weighted by Crippen LogP contribution is 2.33. The van der Waals surface area contributed by atoms with Crippen molar-refractivity contribution in [3.8, 4) is 5.06 Å². The predicted molar refractivity (Wildman–Crippen MR) is 114 cm³/mol. The number of fused-ring (bicyclic) bond motifs is 1. The number of hydrogen-bond acceptors (Lipinski definition) is 5. The molecule has 4 nitrogen and oxygen atoms in total. The van der Waals surface area contributed by atoms with Gasteiger partial charge in [-0.2, -0.15) is 0 Å². The van der Waals surface area contributed by atoms with Crippen molar-refractivity contribution in [1.82, 2.24) is 4.90 Å². The quantitative estimate of drug-likeness (QED) is 0.445. The Morgan fingerprint density at radius 2 is 2.00 bits per heavy atom. The van der Waals surface area contributed by atoms with Crippen molar-refractivity contribution >= 4 is 28.1 Å². The lowest BCUT2D eigenvalue weighted by Crippen LogP contribution is -2.24. The van der Waals surface area contributed by atoms with Gasteiger partial charge in [0, 0.05) is 18.4 Å². The summed E-state index contributed by atoms with van der Waals surface area (Å²) in [5.74, 6) is 0.841. The molecule has 3 heterocycles. The number of likely N-dealkylation sites (tertiary alicyclic amines) is 1. The molecule has 28 heavy (non-hydrogen) atoms. The highest BCUT2D eigenvalue weighted by molar-refractivity contribution is 7.16. The average molecular weight is 398 g/mol. The summed E-state index contributed by atoms with van der Waals surface area (Å²) in [7, 11) is 0. The van der Waals surface area contributed by atoms with E-state index in [9.17, 15) is 4.79 Å². The molecule has 0 amide bonds. The van der Waals surface area contributed by atoms with Gasteiger partial charge in [-0.05, 0) is 50.6 Å². The number of para-hydroxylation sites is 1. The molecule has 0 radical (unpaired) electrons. The van der Waals surface area contributed by atoms with E-state index in [2.05, 4.69) is 11.8 Å². The Morgan fingerprint density at radius 1 is 1.18 bits per heavy atom. The van der Waals surface area contributed by atoms with Gasteiger partial charge in [0.05, 0.1) is 10.4 Å². The number of rotatable bonds is 9. The smallest absolute Gasteiger partial charge is 0.207 e. The molecule has 0 spiro atoms. The van der Waals surface area contributed by atoms with Crippen molar-refractivity contribution in [2.24, 2.45) is 0 Å². The van der Waals surface area contributed by atoms with Gasteiger partial charge in [0.1, 0.15) is 18.0 Å². The molecule has 4 rings (SSSR count). The molecule has 0 bridgehead atoms. The zero-order valence-corrected chi connectivity index (χ0v) is 17.2. The summed E-state index contributed by atoms with van der Waals surface area (Å²) >= 11 is 1.43. The average Bonchev–Trinajstić information content (AvgIpc) is 3.45. The van der Waals surface area contributed by atoms with E-state index >= 15 is 0 Å². The van der Waals surface area contributed by atoms with Gasteiger partial charge in [-0.1, -0.05) is 42.9 Å². The first-order valence-corrected chi connectivity index (χ1v) is 11.1. The molecule has 5 heteroatoms. The fourth-order valence-electron chi connectivity index (χ4n) is 3.78. The van der Waals surface area contributed by atoms with Crippen LogP contribution in [0.15, 0.2) is 40.8 Å². The van der Waals surface area contributed by atoms with Crippen LogP contribution in [0, 0.1) is 0 Å². The minimum atomic E-state index is 0.0374. The molecule has 1 saturated heterocycles. The summed E-state index contributed by atoms with van der Waals surface area (Å²) in [5, 5.41) is 1.72. The molecule has 0 N–H and O–H groups in total. The second-order valence-electron chi connectivity index (χ2n) is 7.34. The van der Waals surface area contributed by atoms with E-state index in [1.54, 1.807) is 0 Å². The third-order valence-electron chi connectivity index (χ3n) is 5.31. The summed E-state index contributed by atoms with van der Waals surface area (Å²) in [6, 6.07) is 11.6. The molecule has 1 aromatic carbocycles. The second kappa shape index (κ2) is 8.93. The maximum absolute atomic E-state index is 13.3. The van der Waals surface area contributed by atoms with Crippen LogP contribution in [0.4, 0.5) is 0 Å². The van der Waals surface area contributed by atoms with Gasteiger partial charge in [-0.15, -0.1) is 0 Å². The van der Waals surface area contributed by atoms with Gasteiger partial charge in [0.15, 0.2) is 5.06 Å². The SMILES string of the molecule is CCCCc1oc2ccccc2c1C(=O)c1ccc(OCCN2CCCC2)s1. The molecule has 1 fully saturated rings. The molecule has 148 valence electrons. The first kappa shape index (κ1) is 19.2. The Bertz CT molecular complexity index is 936. The number of carbonyl (C=O) groups is 1. The summed E-state index contributed by atoms with van der Waals surface area (Å²) in [5.41, 5.74) is 1.50. The maximum atomic E-state index is 13.3. The molecule has 0 saturated carbocycles. The highest BCUT2D eigenvalue weighted by Gasteiger charge is 2.23. The molecule has 0 aliphatic carbocycles. The molecular weight excluding hydrogens is 370 g/mol. The zero-order chi connectivity index (χ0) is 19.3. The topological polar surface area (TPSA) is 42.7 Å². The number of aryl methyl sites for hydroxylation is 1. The first-order valence-electron chi connectivity index (χ1n) is 10.3. The van der Waals surface area contributed by atoms with Crippen LogP contribution in [0.2, 0.25) is 0 Å². The number of hydrogen-bond donors (Lipinski definition) is 0. The number of nitrogens with zero attached hydrogens (tertiary/aromatic N) is 1. The van der Waals surface area contributed by atoms with Crippen LogP contribution >= 0.6 is 11.3 Å². The molecule has 3 aromatic rings. The predicted octanol–water partition coefficient (Wildman–Crippen LogP) is 5.54. The van der Waals surface area contributed by atoms with E-state index < -0.39 is 0 Å². The molecule has 0 atom stereocenters. The lowest BCUT2D eigenvalue weighted by atomic mass is 10.0. The van der Waals surface area contributed by atoms with Crippen LogP contribution in [0.3, 0.4) is 0 Å². The Balaban J connectivity index is 1.50. The number of furan rings is 1. The van der Waals surface area contributed by atoms with E-state index in [0.717, 1.165) is 53.2 Å². The van der Waals surface area contributed by atoms with Crippen molar-refractivity contribution in [3.05, 3.63) is 52.6 Å². The standard InChI is InChI=1S/C23H27NO3S/c1-2-3-9-19-22(17-8-4-5-10-18(17)27-19)23(25)20-11-12-21(28-20)26-16-15-24-13-6-7-14-24/h4-5,8,10-12H,2-3,6-7,9,13-16H2,1H3. The normalized spacial score (nSPS) is 14.8. The molecule has 1 aliphatic heterocycles. The maximum Gasteiger partial charge on any atom is 0.207 e. The van der Waals surface area contributed by atoms with E-state index in [-0.39, 0.29) is 5.78 Å². The zero-order valence-electron chi connectivity index (χ0n) is 16.4. The van der Waals surface area contributed by atoms with Gasteiger partial charge in [-0.3, -0.25) is 9.69 Å². The number of thiophene rings is 1. The van der Waals surface area contributed by atoms with Gasteiger partial charge < -0.3 is 9.15 Å². The minimum absolute atomic E-state index is 0.0374. The number of carbonyl (C=O) groups excluding carboxylic acids is 1. The third kappa shape index (κ3) is 4.15. The molecule has 2 aromatic heterocycles.